The molecule has 0 aliphatic heterocycles. The number of carbonyl (C=O) groups excluding carboxylic acids is 2. The van der Waals surface area contributed by atoms with Crippen molar-refractivity contribution in [2.24, 2.45) is 5.10 Å². The fourth-order valence-electron chi connectivity index (χ4n) is 2.65. The number of hydrazone groups is 1. The van der Waals surface area contributed by atoms with Gasteiger partial charge in [-0.1, -0.05) is 64.0 Å². The van der Waals surface area contributed by atoms with E-state index >= 15 is 0 Å². The summed E-state index contributed by atoms with van der Waals surface area (Å²) in [6.07, 6.45) is 1.61. The predicted molar refractivity (Wildman–Crippen MR) is 116 cm³/mol. The minimum atomic E-state index is -0.378. The number of nitrogens with zero attached hydrogens (tertiary/aromatic N) is 1. The second kappa shape index (κ2) is 9.80. The Hall–Kier alpha value is -3.25. The number of carbonyl (C=O) groups is 2. The number of rotatable bonds is 6. The summed E-state index contributed by atoms with van der Waals surface area (Å²) < 4.78 is 6.30. The smallest absolute Gasteiger partial charge is 0.315 e. The third-order valence-electron chi connectivity index (χ3n) is 4.04. The normalized spacial score (nSPS) is 10.7. The van der Waals surface area contributed by atoms with Crippen LogP contribution in [0.4, 0.5) is 0 Å². The van der Waals surface area contributed by atoms with Gasteiger partial charge in [-0.3, -0.25) is 9.59 Å². The molecular weight excluding hydrogens is 432 g/mol. The molecule has 146 valence electrons. The van der Waals surface area contributed by atoms with Gasteiger partial charge in [0, 0.05) is 15.6 Å². The van der Waals surface area contributed by atoms with Gasteiger partial charge >= 0.3 is 5.97 Å². The van der Waals surface area contributed by atoms with E-state index in [2.05, 4.69) is 26.5 Å². The molecule has 0 aromatic heterocycles. The predicted octanol–water partition coefficient (Wildman–Crippen LogP) is 4.67. The molecule has 0 saturated carbocycles. The van der Waals surface area contributed by atoms with Gasteiger partial charge in [0.2, 0.25) is 0 Å². The highest BCUT2D eigenvalue weighted by Crippen LogP contribution is 2.22. The average Bonchev–Trinajstić information content (AvgIpc) is 2.70. The first kappa shape index (κ1) is 20.5. The fourth-order valence-corrected chi connectivity index (χ4v) is 3.02. The number of halogens is 1. The highest BCUT2D eigenvalue weighted by molar-refractivity contribution is 9.10. The van der Waals surface area contributed by atoms with Gasteiger partial charge in [0.1, 0.15) is 5.75 Å². The molecule has 0 aliphatic rings. The van der Waals surface area contributed by atoms with E-state index in [1.807, 2.05) is 49.4 Å². The molecule has 0 heterocycles. The molecule has 6 heteroatoms. The number of amides is 1. The lowest BCUT2D eigenvalue weighted by molar-refractivity contribution is -0.133. The van der Waals surface area contributed by atoms with Crippen LogP contribution >= 0.6 is 15.9 Å². The van der Waals surface area contributed by atoms with Crippen LogP contribution in [0.2, 0.25) is 0 Å². The summed E-state index contributed by atoms with van der Waals surface area (Å²) in [6.45, 7) is 1.91. The molecule has 0 unspecified atom stereocenters. The van der Waals surface area contributed by atoms with Gasteiger partial charge < -0.3 is 4.74 Å². The first-order chi connectivity index (χ1) is 14.0. The number of nitrogens with one attached hydrogen (secondary N) is 1. The van der Waals surface area contributed by atoms with Crippen molar-refractivity contribution < 1.29 is 14.3 Å². The third-order valence-corrected chi connectivity index (χ3v) is 4.53. The van der Waals surface area contributed by atoms with Crippen LogP contribution in [0.25, 0.3) is 0 Å². The van der Waals surface area contributed by atoms with Gasteiger partial charge in [0.25, 0.3) is 5.91 Å². The standard InChI is InChI=1S/C23H19BrN2O3/c1-16-6-5-9-18(12-16)23(28)26-25-15-19-14-20(24)10-11-21(19)29-22(27)13-17-7-3-2-4-8-17/h2-12,14-15H,13H2,1H3,(H,26,28)/b25-15-. The molecular formula is C23H19BrN2O3. The largest absolute Gasteiger partial charge is 0.426 e. The molecule has 29 heavy (non-hydrogen) atoms. The van der Waals surface area contributed by atoms with Crippen molar-refractivity contribution in [3.63, 3.8) is 0 Å². The van der Waals surface area contributed by atoms with Crippen LogP contribution < -0.4 is 10.2 Å². The molecule has 3 rings (SSSR count). The minimum Gasteiger partial charge on any atom is -0.426 e. The minimum absolute atomic E-state index is 0.164. The Labute approximate surface area is 177 Å². The first-order valence-electron chi connectivity index (χ1n) is 8.95. The Morgan fingerprint density at radius 3 is 2.59 bits per heavy atom. The van der Waals surface area contributed by atoms with E-state index in [1.54, 1.807) is 30.3 Å². The van der Waals surface area contributed by atoms with E-state index in [-0.39, 0.29) is 18.3 Å². The van der Waals surface area contributed by atoms with Crippen LogP contribution in [0.15, 0.2) is 82.4 Å². The van der Waals surface area contributed by atoms with Crippen molar-refractivity contribution in [3.8, 4) is 5.75 Å². The molecule has 5 nitrogen and oxygen atoms in total. The van der Waals surface area contributed by atoms with Gasteiger partial charge in [0.05, 0.1) is 12.6 Å². The van der Waals surface area contributed by atoms with Crippen molar-refractivity contribution in [1.29, 1.82) is 0 Å². The lowest BCUT2D eigenvalue weighted by Gasteiger charge is -2.08. The second-order valence-electron chi connectivity index (χ2n) is 6.39. The van der Waals surface area contributed by atoms with Crippen LogP contribution in [0, 0.1) is 6.92 Å². The van der Waals surface area contributed by atoms with E-state index in [4.69, 9.17) is 4.74 Å². The Kier molecular flexibility index (Phi) is 6.92. The average molecular weight is 451 g/mol. The molecule has 0 radical (unpaired) electrons. The topological polar surface area (TPSA) is 67.8 Å². The summed E-state index contributed by atoms with van der Waals surface area (Å²) in [7, 11) is 0. The molecule has 0 bridgehead atoms. The molecule has 1 N–H and O–H groups in total. The Morgan fingerprint density at radius 2 is 1.83 bits per heavy atom. The van der Waals surface area contributed by atoms with Gasteiger partial charge in [-0.15, -0.1) is 0 Å². The second-order valence-corrected chi connectivity index (χ2v) is 7.30. The van der Waals surface area contributed by atoms with Crippen LogP contribution in [-0.4, -0.2) is 18.1 Å². The molecule has 0 spiro atoms. The number of hydrogen-bond acceptors (Lipinski definition) is 4. The molecule has 0 atom stereocenters. The molecule has 0 aliphatic carbocycles. The molecule has 3 aromatic carbocycles. The van der Waals surface area contributed by atoms with Crippen molar-refractivity contribution in [1.82, 2.24) is 5.43 Å². The number of aryl methyl sites for hydroxylation is 1. The van der Waals surface area contributed by atoms with Crippen LogP contribution in [-0.2, 0) is 11.2 Å². The van der Waals surface area contributed by atoms with Gasteiger partial charge in [-0.05, 0) is 42.8 Å². The van der Waals surface area contributed by atoms with E-state index in [1.165, 1.54) is 6.21 Å². The van der Waals surface area contributed by atoms with E-state index < -0.39 is 0 Å². The van der Waals surface area contributed by atoms with E-state index in [0.29, 0.717) is 16.9 Å². The van der Waals surface area contributed by atoms with E-state index in [9.17, 15) is 9.59 Å². The zero-order valence-corrected chi connectivity index (χ0v) is 17.3. The van der Waals surface area contributed by atoms with Crippen molar-refractivity contribution in [3.05, 3.63) is 99.5 Å². The molecule has 0 fully saturated rings. The van der Waals surface area contributed by atoms with Crippen LogP contribution in [0.5, 0.6) is 5.75 Å². The first-order valence-corrected chi connectivity index (χ1v) is 9.75. The summed E-state index contributed by atoms with van der Waals surface area (Å²) in [5.74, 6) is -0.331. The number of ether oxygens (including phenoxy) is 1. The number of hydrogen-bond donors (Lipinski definition) is 1. The summed E-state index contributed by atoms with van der Waals surface area (Å²) in [4.78, 5) is 24.5. The Bertz CT molecular complexity index is 1050. The summed E-state index contributed by atoms with van der Waals surface area (Å²) >= 11 is 3.39. The lowest BCUT2D eigenvalue weighted by atomic mass is 10.1. The maximum atomic E-state index is 12.3. The third kappa shape index (κ3) is 6.12. The maximum Gasteiger partial charge on any atom is 0.315 e. The SMILES string of the molecule is Cc1cccc(C(=O)N/N=C\c2cc(Br)ccc2OC(=O)Cc2ccccc2)c1. The molecule has 0 saturated heterocycles. The fraction of sp³-hybridized carbons (Fsp3) is 0.0870. The van der Waals surface area contributed by atoms with Crippen molar-refractivity contribution in [2.45, 2.75) is 13.3 Å². The van der Waals surface area contributed by atoms with Crippen LogP contribution in [0.3, 0.4) is 0 Å². The zero-order chi connectivity index (χ0) is 20.6. The zero-order valence-electron chi connectivity index (χ0n) is 15.8. The highest BCUT2D eigenvalue weighted by atomic mass is 79.9. The van der Waals surface area contributed by atoms with Gasteiger partial charge in [0.15, 0.2) is 0 Å². The number of esters is 1. The molecule has 1 amide bonds. The summed E-state index contributed by atoms with van der Waals surface area (Å²) in [5.41, 5.74) is 5.43. The highest BCUT2D eigenvalue weighted by Gasteiger charge is 2.10. The Morgan fingerprint density at radius 1 is 1.03 bits per heavy atom. The monoisotopic (exact) mass is 450 g/mol. The molecule has 3 aromatic rings. The van der Waals surface area contributed by atoms with Gasteiger partial charge in [-0.2, -0.15) is 5.10 Å². The summed E-state index contributed by atoms with van der Waals surface area (Å²) in [5, 5.41) is 4.00. The Balaban J connectivity index is 1.69. The van der Waals surface area contributed by atoms with E-state index in [0.717, 1.165) is 15.6 Å². The quantitative estimate of drug-likeness (QED) is 0.256. The number of benzene rings is 3. The maximum absolute atomic E-state index is 12.3. The lowest BCUT2D eigenvalue weighted by Crippen LogP contribution is -2.18. The summed E-state index contributed by atoms with van der Waals surface area (Å²) in [6, 6.07) is 21.8. The van der Waals surface area contributed by atoms with Gasteiger partial charge in [-0.25, -0.2) is 5.43 Å². The van der Waals surface area contributed by atoms with Crippen molar-refractivity contribution >= 4 is 34.0 Å². The van der Waals surface area contributed by atoms with Crippen LogP contribution in [0.1, 0.15) is 27.0 Å². The van der Waals surface area contributed by atoms with Crippen molar-refractivity contribution in [2.75, 3.05) is 0 Å².